The Balaban J connectivity index is 0.00000192. The molecule has 0 radical (unpaired) electrons. The van der Waals surface area contributed by atoms with Crippen LogP contribution in [0.25, 0.3) is 0 Å². The molecule has 3 atom stereocenters. The van der Waals surface area contributed by atoms with Crippen molar-refractivity contribution >= 4 is 18.3 Å². The highest BCUT2D eigenvalue weighted by Crippen LogP contribution is 2.39. The number of carbonyl (C=O) groups excluding carboxylic acids is 1. The van der Waals surface area contributed by atoms with E-state index < -0.39 is 5.41 Å². The van der Waals surface area contributed by atoms with Gasteiger partial charge < -0.3 is 10.6 Å². The molecule has 23 heavy (non-hydrogen) atoms. The van der Waals surface area contributed by atoms with Crippen LogP contribution < -0.4 is 5.73 Å². The van der Waals surface area contributed by atoms with E-state index in [9.17, 15) is 4.79 Å². The monoisotopic (exact) mass is 336 g/mol. The second-order valence-electron chi connectivity index (χ2n) is 7.55. The molecular weight excluding hydrogens is 308 g/mol. The lowest BCUT2D eigenvalue weighted by molar-refractivity contribution is -0.135. The summed E-state index contributed by atoms with van der Waals surface area (Å²) in [6, 6.07) is 8.78. The average Bonchev–Trinajstić information content (AvgIpc) is 3.09. The minimum atomic E-state index is -0.463. The van der Waals surface area contributed by atoms with E-state index >= 15 is 0 Å². The van der Waals surface area contributed by atoms with E-state index in [1.807, 2.05) is 13.8 Å². The Bertz CT molecular complexity index is 555. The van der Waals surface area contributed by atoms with Gasteiger partial charge in [-0.3, -0.25) is 4.79 Å². The summed E-state index contributed by atoms with van der Waals surface area (Å²) in [5.74, 6) is 1.39. The van der Waals surface area contributed by atoms with Gasteiger partial charge >= 0.3 is 0 Å². The van der Waals surface area contributed by atoms with Crippen molar-refractivity contribution in [3.05, 3.63) is 35.4 Å². The summed E-state index contributed by atoms with van der Waals surface area (Å²) < 4.78 is 0. The van der Waals surface area contributed by atoms with Crippen molar-refractivity contribution in [3.63, 3.8) is 0 Å². The number of aryl methyl sites for hydroxylation is 1. The Morgan fingerprint density at radius 2 is 1.87 bits per heavy atom. The van der Waals surface area contributed by atoms with Gasteiger partial charge in [0, 0.05) is 19.1 Å². The number of hydrogen-bond donors (Lipinski definition) is 1. The number of fused-ring (bicyclic) bond motifs is 1. The van der Waals surface area contributed by atoms with E-state index in [4.69, 9.17) is 5.73 Å². The Kier molecular flexibility index (Phi) is 5.42. The third-order valence-electron chi connectivity index (χ3n) is 5.82. The largest absolute Gasteiger partial charge is 0.341 e. The molecule has 2 aliphatic rings. The van der Waals surface area contributed by atoms with Crippen molar-refractivity contribution in [2.75, 3.05) is 13.1 Å². The third-order valence-corrected chi connectivity index (χ3v) is 5.82. The number of hydrogen-bond acceptors (Lipinski definition) is 2. The highest BCUT2D eigenvalue weighted by molar-refractivity contribution is 5.87. The molecule has 1 amide bonds. The number of nitrogens with zero attached hydrogens (tertiary/aromatic N) is 1. The van der Waals surface area contributed by atoms with Crippen LogP contribution in [0.3, 0.4) is 0 Å². The highest BCUT2D eigenvalue weighted by atomic mass is 35.5. The van der Waals surface area contributed by atoms with Crippen molar-refractivity contribution in [3.8, 4) is 0 Å². The minimum Gasteiger partial charge on any atom is -0.341 e. The summed E-state index contributed by atoms with van der Waals surface area (Å²) >= 11 is 0. The minimum absolute atomic E-state index is 0. The smallest absolute Gasteiger partial charge is 0.232 e. The molecule has 3 rings (SSSR count). The molecule has 1 saturated carbocycles. The molecule has 1 aliphatic heterocycles. The predicted molar refractivity (Wildman–Crippen MR) is 96.9 cm³/mol. The number of nitrogens with two attached hydrogens (primary N) is 1. The van der Waals surface area contributed by atoms with Gasteiger partial charge in [0.1, 0.15) is 0 Å². The normalized spacial score (nSPS) is 26.8. The van der Waals surface area contributed by atoms with E-state index in [1.54, 1.807) is 0 Å². The number of rotatable bonds is 3. The Morgan fingerprint density at radius 1 is 1.22 bits per heavy atom. The molecule has 0 aromatic heterocycles. The summed E-state index contributed by atoms with van der Waals surface area (Å²) in [7, 11) is 0. The van der Waals surface area contributed by atoms with Gasteiger partial charge in [-0.2, -0.15) is 0 Å². The summed E-state index contributed by atoms with van der Waals surface area (Å²) in [5, 5.41) is 0. The molecule has 1 aromatic carbocycles. The van der Waals surface area contributed by atoms with Gasteiger partial charge in [-0.15, -0.1) is 12.4 Å². The number of amides is 1. The molecule has 3 unspecified atom stereocenters. The SMILES string of the molecule is CCc1ccc(C(C)(C)C(=O)N2CC3CCC(N)C3C2)cc1.Cl. The van der Waals surface area contributed by atoms with Gasteiger partial charge in [-0.1, -0.05) is 31.2 Å². The molecule has 1 saturated heterocycles. The van der Waals surface area contributed by atoms with Crippen molar-refractivity contribution in [2.45, 2.75) is 51.5 Å². The van der Waals surface area contributed by atoms with E-state index in [1.165, 1.54) is 12.0 Å². The lowest BCUT2D eigenvalue weighted by Gasteiger charge is -2.30. The maximum atomic E-state index is 13.0. The lowest BCUT2D eigenvalue weighted by Crippen LogP contribution is -2.43. The Hall–Kier alpha value is -1.06. The van der Waals surface area contributed by atoms with Crippen molar-refractivity contribution < 1.29 is 4.79 Å². The van der Waals surface area contributed by atoms with Gasteiger partial charge in [-0.25, -0.2) is 0 Å². The van der Waals surface area contributed by atoms with Crippen molar-refractivity contribution in [1.29, 1.82) is 0 Å². The summed E-state index contributed by atoms with van der Waals surface area (Å²) in [6.45, 7) is 7.99. The molecule has 2 N–H and O–H groups in total. The van der Waals surface area contributed by atoms with Crippen LogP contribution in [0.15, 0.2) is 24.3 Å². The van der Waals surface area contributed by atoms with Gasteiger partial charge in [0.25, 0.3) is 0 Å². The van der Waals surface area contributed by atoms with Crippen LogP contribution >= 0.6 is 12.4 Å². The van der Waals surface area contributed by atoms with Crippen LogP contribution in [-0.2, 0) is 16.6 Å². The zero-order chi connectivity index (χ0) is 15.9. The van der Waals surface area contributed by atoms with Crippen molar-refractivity contribution in [1.82, 2.24) is 4.90 Å². The van der Waals surface area contributed by atoms with Crippen LogP contribution in [0.5, 0.6) is 0 Å². The topological polar surface area (TPSA) is 46.3 Å². The summed E-state index contributed by atoms with van der Waals surface area (Å²) in [5.41, 5.74) is 8.15. The molecule has 4 heteroatoms. The molecule has 1 heterocycles. The average molecular weight is 337 g/mol. The first-order chi connectivity index (χ1) is 10.4. The first-order valence-electron chi connectivity index (χ1n) is 8.58. The quantitative estimate of drug-likeness (QED) is 0.921. The number of benzene rings is 1. The molecule has 1 aromatic rings. The van der Waals surface area contributed by atoms with Crippen LogP contribution in [-0.4, -0.2) is 29.9 Å². The fraction of sp³-hybridized carbons (Fsp3) is 0.632. The lowest BCUT2D eigenvalue weighted by atomic mass is 9.82. The third kappa shape index (κ3) is 3.27. The fourth-order valence-corrected chi connectivity index (χ4v) is 4.15. The van der Waals surface area contributed by atoms with E-state index in [0.29, 0.717) is 11.8 Å². The first kappa shape index (κ1) is 18.3. The summed E-state index contributed by atoms with van der Waals surface area (Å²) in [6.07, 6.45) is 3.34. The van der Waals surface area contributed by atoms with Crippen LogP contribution in [0.4, 0.5) is 0 Å². The standard InChI is InChI=1S/C19H28N2O.ClH/c1-4-13-5-8-15(9-6-13)19(2,3)18(22)21-11-14-7-10-17(20)16(14)12-21;/h5-6,8-9,14,16-17H,4,7,10-12,20H2,1-3H3;1H. The number of halogens is 1. The first-order valence-corrected chi connectivity index (χ1v) is 8.58. The maximum absolute atomic E-state index is 13.0. The van der Waals surface area contributed by atoms with Gasteiger partial charge in [0.05, 0.1) is 5.41 Å². The second kappa shape index (κ2) is 6.82. The molecular formula is C19H29ClN2O. The molecule has 2 fully saturated rings. The maximum Gasteiger partial charge on any atom is 0.232 e. The highest BCUT2D eigenvalue weighted by Gasteiger charge is 2.45. The molecule has 0 bridgehead atoms. The zero-order valence-corrected chi connectivity index (χ0v) is 15.2. The molecule has 0 spiro atoms. The van der Waals surface area contributed by atoms with Crippen LogP contribution in [0.1, 0.15) is 44.7 Å². The molecule has 128 valence electrons. The zero-order valence-electron chi connectivity index (χ0n) is 14.4. The van der Waals surface area contributed by atoms with Crippen LogP contribution in [0, 0.1) is 11.8 Å². The van der Waals surface area contributed by atoms with E-state index in [0.717, 1.165) is 31.5 Å². The Labute approximate surface area is 146 Å². The number of carbonyl (C=O) groups is 1. The van der Waals surface area contributed by atoms with Gasteiger partial charge in [0.2, 0.25) is 5.91 Å². The number of likely N-dealkylation sites (tertiary alicyclic amines) is 1. The second-order valence-corrected chi connectivity index (χ2v) is 7.55. The summed E-state index contributed by atoms with van der Waals surface area (Å²) in [4.78, 5) is 15.1. The van der Waals surface area contributed by atoms with Crippen LogP contribution in [0.2, 0.25) is 0 Å². The van der Waals surface area contributed by atoms with E-state index in [2.05, 4.69) is 36.1 Å². The predicted octanol–water partition coefficient (Wildman–Crippen LogP) is 3.14. The van der Waals surface area contributed by atoms with Crippen molar-refractivity contribution in [2.24, 2.45) is 17.6 Å². The Morgan fingerprint density at radius 3 is 2.43 bits per heavy atom. The van der Waals surface area contributed by atoms with E-state index in [-0.39, 0.29) is 24.4 Å². The fourth-order valence-electron chi connectivity index (χ4n) is 4.15. The van der Waals surface area contributed by atoms with Gasteiger partial charge in [0.15, 0.2) is 0 Å². The molecule has 3 nitrogen and oxygen atoms in total. The molecule has 1 aliphatic carbocycles. The van der Waals surface area contributed by atoms with Gasteiger partial charge in [-0.05, 0) is 56.1 Å².